The lowest BCUT2D eigenvalue weighted by Crippen LogP contribution is -2.25. The van der Waals surface area contributed by atoms with E-state index < -0.39 is 29.6 Å². The maximum Gasteiger partial charge on any atom is 0.271 e. The summed E-state index contributed by atoms with van der Waals surface area (Å²) in [7, 11) is 1.26. The first-order valence-electron chi connectivity index (χ1n) is 6.61. The molecule has 6 nitrogen and oxygen atoms in total. The number of pyridine rings is 1. The van der Waals surface area contributed by atoms with Gasteiger partial charge >= 0.3 is 0 Å². The van der Waals surface area contributed by atoms with Gasteiger partial charge in [-0.25, -0.2) is 4.39 Å². The van der Waals surface area contributed by atoms with Gasteiger partial charge in [0.25, 0.3) is 5.56 Å². The molecule has 0 saturated carbocycles. The quantitative estimate of drug-likeness (QED) is 0.866. The molecular weight excluding hydrogens is 303 g/mol. The summed E-state index contributed by atoms with van der Waals surface area (Å²) in [6.45, 7) is 0.980. The molecule has 23 heavy (non-hydrogen) atoms. The molecule has 1 heterocycles. The number of Topliss-reactive ketones (excluding diaryl/α,β-unsaturated/α-hetero) is 1. The van der Waals surface area contributed by atoms with Crippen LogP contribution in [-0.2, 0) is 7.05 Å². The van der Waals surface area contributed by atoms with Crippen molar-refractivity contribution in [3.63, 3.8) is 0 Å². The minimum Gasteiger partial charge on any atom is -0.494 e. The number of hydrogen-bond donors (Lipinski definition) is 1. The number of nitriles is 1. The third kappa shape index (κ3) is 3.06. The second-order valence-corrected chi connectivity index (χ2v) is 4.84. The van der Waals surface area contributed by atoms with Crippen molar-refractivity contribution in [2.24, 2.45) is 7.05 Å². The molecule has 7 heteroatoms. The monoisotopic (exact) mass is 316 g/mol. The molecule has 0 aliphatic rings. The van der Waals surface area contributed by atoms with Gasteiger partial charge in [-0.15, -0.1) is 0 Å². The highest BCUT2D eigenvalue weighted by atomic mass is 19.1. The van der Waals surface area contributed by atoms with Gasteiger partial charge in [-0.1, -0.05) is 0 Å². The van der Waals surface area contributed by atoms with E-state index in [-0.39, 0.29) is 22.4 Å². The second-order valence-electron chi connectivity index (χ2n) is 4.84. The van der Waals surface area contributed by atoms with Crippen LogP contribution in [0.2, 0.25) is 0 Å². The average Bonchev–Trinajstić information content (AvgIpc) is 2.53. The highest BCUT2D eigenvalue weighted by molar-refractivity contribution is 6.01. The zero-order valence-corrected chi connectivity index (χ0v) is 12.5. The Bertz CT molecular complexity index is 864. The highest BCUT2D eigenvalue weighted by Crippen LogP contribution is 2.22. The Balaban J connectivity index is 2.33. The molecule has 0 atom stereocenters. The number of benzene rings is 1. The van der Waals surface area contributed by atoms with Gasteiger partial charge in [0.15, 0.2) is 6.61 Å². The van der Waals surface area contributed by atoms with E-state index in [9.17, 15) is 19.1 Å². The molecule has 0 radical (unpaired) electrons. The topological polar surface area (TPSA) is 92.3 Å². The van der Waals surface area contributed by atoms with Gasteiger partial charge in [0.05, 0.1) is 5.56 Å². The van der Waals surface area contributed by atoms with Gasteiger partial charge in [0, 0.05) is 7.05 Å². The molecule has 2 rings (SSSR count). The first kappa shape index (κ1) is 16.2. The molecular formula is C16H13FN2O4. The number of aromatic nitrogens is 1. The van der Waals surface area contributed by atoms with Crippen molar-refractivity contribution in [3.05, 3.63) is 57.1 Å². The molecule has 1 aromatic heterocycles. The lowest BCUT2D eigenvalue weighted by atomic mass is 10.0. The molecule has 0 amide bonds. The van der Waals surface area contributed by atoms with Crippen molar-refractivity contribution in [2.75, 3.05) is 6.61 Å². The van der Waals surface area contributed by atoms with Crippen molar-refractivity contribution in [3.8, 4) is 17.7 Å². The second kappa shape index (κ2) is 6.32. The zero-order valence-electron chi connectivity index (χ0n) is 12.5. The SMILES string of the molecule is Cc1c(C(=O)COc2ccc(F)cc2)c(O)n(C)c(=O)c1C#N. The van der Waals surface area contributed by atoms with Gasteiger partial charge in [-0.2, -0.15) is 5.26 Å². The fourth-order valence-corrected chi connectivity index (χ4v) is 2.10. The van der Waals surface area contributed by atoms with E-state index in [0.717, 1.165) is 4.57 Å². The molecule has 0 saturated heterocycles. The molecule has 2 aromatic rings. The molecule has 0 fully saturated rings. The summed E-state index contributed by atoms with van der Waals surface area (Å²) < 4.78 is 18.9. The predicted octanol–water partition coefficient (Wildman–Crippen LogP) is 1.67. The van der Waals surface area contributed by atoms with Crippen molar-refractivity contribution < 1.29 is 19.0 Å². The lowest BCUT2D eigenvalue weighted by molar-refractivity contribution is 0.0916. The molecule has 0 aliphatic carbocycles. The van der Waals surface area contributed by atoms with E-state index in [2.05, 4.69) is 0 Å². The Morgan fingerprint density at radius 3 is 2.57 bits per heavy atom. The van der Waals surface area contributed by atoms with Crippen LogP contribution in [0.3, 0.4) is 0 Å². The maximum absolute atomic E-state index is 12.8. The summed E-state index contributed by atoms with van der Waals surface area (Å²) in [5.41, 5.74) is -0.944. The Morgan fingerprint density at radius 2 is 2.00 bits per heavy atom. The zero-order chi connectivity index (χ0) is 17.1. The summed E-state index contributed by atoms with van der Waals surface area (Å²) >= 11 is 0. The summed E-state index contributed by atoms with van der Waals surface area (Å²) in [4.78, 5) is 24.1. The normalized spacial score (nSPS) is 10.2. The molecule has 1 N–H and O–H groups in total. The van der Waals surface area contributed by atoms with E-state index >= 15 is 0 Å². The van der Waals surface area contributed by atoms with Crippen LogP contribution in [0.5, 0.6) is 11.6 Å². The number of aromatic hydroxyl groups is 1. The predicted molar refractivity (Wildman–Crippen MR) is 79.0 cm³/mol. The van der Waals surface area contributed by atoms with Crippen LogP contribution < -0.4 is 10.3 Å². The number of carbonyl (C=O) groups is 1. The van der Waals surface area contributed by atoms with Gasteiger partial charge in [0.1, 0.15) is 23.2 Å². The number of ketones is 1. The van der Waals surface area contributed by atoms with E-state index in [1.54, 1.807) is 6.07 Å². The van der Waals surface area contributed by atoms with Crippen LogP contribution in [0.1, 0.15) is 21.5 Å². The molecule has 0 spiro atoms. The van der Waals surface area contributed by atoms with Crippen LogP contribution in [0, 0.1) is 24.1 Å². The van der Waals surface area contributed by atoms with Crippen molar-refractivity contribution in [1.29, 1.82) is 5.26 Å². The van der Waals surface area contributed by atoms with Crippen molar-refractivity contribution >= 4 is 5.78 Å². The van der Waals surface area contributed by atoms with Crippen molar-refractivity contribution in [2.45, 2.75) is 6.92 Å². The number of halogens is 1. The first-order valence-corrected chi connectivity index (χ1v) is 6.61. The number of hydrogen-bond acceptors (Lipinski definition) is 5. The van der Waals surface area contributed by atoms with E-state index in [1.807, 2.05) is 0 Å². The van der Waals surface area contributed by atoms with Crippen LogP contribution in [0.4, 0.5) is 4.39 Å². The smallest absolute Gasteiger partial charge is 0.271 e. The molecule has 0 aliphatic heterocycles. The maximum atomic E-state index is 12.8. The van der Waals surface area contributed by atoms with Crippen LogP contribution in [0.25, 0.3) is 0 Å². The largest absolute Gasteiger partial charge is 0.494 e. The third-order valence-corrected chi connectivity index (χ3v) is 3.38. The van der Waals surface area contributed by atoms with Gasteiger partial charge in [-0.3, -0.25) is 14.2 Å². The number of nitrogens with zero attached hydrogens (tertiary/aromatic N) is 2. The summed E-state index contributed by atoms with van der Waals surface area (Å²) in [5, 5.41) is 19.0. The Labute approximate surface area is 131 Å². The van der Waals surface area contributed by atoms with Gasteiger partial charge in [-0.05, 0) is 36.8 Å². The fraction of sp³-hybridized carbons (Fsp3) is 0.188. The van der Waals surface area contributed by atoms with Crippen LogP contribution >= 0.6 is 0 Å². The van der Waals surface area contributed by atoms with Gasteiger partial charge < -0.3 is 9.84 Å². The minimum absolute atomic E-state index is 0.0980. The Morgan fingerprint density at radius 1 is 1.39 bits per heavy atom. The molecule has 0 unspecified atom stereocenters. The summed E-state index contributed by atoms with van der Waals surface area (Å²) in [6.07, 6.45) is 0. The van der Waals surface area contributed by atoms with Crippen LogP contribution in [-0.4, -0.2) is 22.1 Å². The van der Waals surface area contributed by atoms with Crippen molar-refractivity contribution in [1.82, 2.24) is 4.57 Å². The Kier molecular flexibility index (Phi) is 4.46. The molecule has 118 valence electrons. The summed E-state index contributed by atoms with van der Waals surface area (Å²) in [6, 6.07) is 6.81. The standard InChI is InChI=1S/C16H13FN2O4/c1-9-12(7-18)15(21)19(2)16(22)14(9)13(20)8-23-11-5-3-10(17)4-6-11/h3-6,22H,8H2,1-2H3. The first-order chi connectivity index (χ1) is 10.9. The number of rotatable bonds is 4. The van der Waals surface area contributed by atoms with E-state index in [4.69, 9.17) is 10.00 Å². The summed E-state index contributed by atoms with van der Waals surface area (Å²) in [5.74, 6) is -1.29. The van der Waals surface area contributed by atoms with E-state index in [0.29, 0.717) is 0 Å². The van der Waals surface area contributed by atoms with Crippen LogP contribution in [0.15, 0.2) is 29.1 Å². The Hall–Kier alpha value is -3.14. The number of carbonyl (C=O) groups excluding carboxylic acids is 1. The average molecular weight is 316 g/mol. The van der Waals surface area contributed by atoms with Gasteiger partial charge in [0.2, 0.25) is 11.7 Å². The molecule has 1 aromatic carbocycles. The fourth-order valence-electron chi connectivity index (χ4n) is 2.10. The van der Waals surface area contributed by atoms with E-state index in [1.165, 1.54) is 38.2 Å². The molecule has 0 bridgehead atoms. The minimum atomic E-state index is -0.682. The lowest BCUT2D eigenvalue weighted by Gasteiger charge is -2.13. The number of ether oxygens (including phenoxy) is 1. The third-order valence-electron chi connectivity index (χ3n) is 3.38. The highest BCUT2D eigenvalue weighted by Gasteiger charge is 2.22.